The van der Waals surface area contributed by atoms with E-state index in [1.54, 1.807) is 34.0 Å². The van der Waals surface area contributed by atoms with Gasteiger partial charge in [-0.15, -0.1) is 0 Å². The minimum atomic E-state index is -1.26. The molecule has 0 aliphatic heterocycles. The van der Waals surface area contributed by atoms with Crippen LogP contribution in [-0.4, -0.2) is 27.4 Å². The van der Waals surface area contributed by atoms with Crippen LogP contribution in [0.5, 0.6) is 0 Å². The minimum Gasteiger partial charge on any atom is -0.351 e. The number of halogens is 1. The molecule has 6 nitrogen and oxygen atoms in total. The number of rotatable bonds is 6. The molecular formula is C28H31FN4O2. The molecule has 1 atom stereocenters. The van der Waals surface area contributed by atoms with Crippen molar-refractivity contribution in [1.29, 1.82) is 0 Å². The minimum absolute atomic E-state index is 0.00295. The van der Waals surface area contributed by atoms with E-state index >= 15 is 0 Å². The molecule has 1 N–H and O–H groups in total. The van der Waals surface area contributed by atoms with Crippen LogP contribution in [0.2, 0.25) is 0 Å². The zero-order valence-electron chi connectivity index (χ0n) is 20.0. The molecule has 0 bridgehead atoms. The monoisotopic (exact) mass is 474 g/mol. The zero-order valence-corrected chi connectivity index (χ0v) is 20.0. The fourth-order valence-electron chi connectivity index (χ4n) is 5.69. The molecule has 3 aromatic rings. The van der Waals surface area contributed by atoms with Gasteiger partial charge in [0.2, 0.25) is 5.91 Å². The maximum atomic E-state index is 14.5. The first kappa shape index (κ1) is 23.3. The first-order valence-corrected chi connectivity index (χ1v) is 12.4. The number of aryl methyl sites for hydroxylation is 2. The van der Waals surface area contributed by atoms with Crippen molar-refractivity contribution in [2.75, 3.05) is 4.90 Å². The van der Waals surface area contributed by atoms with Crippen molar-refractivity contribution >= 4 is 17.5 Å². The van der Waals surface area contributed by atoms with Crippen molar-refractivity contribution in [2.24, 2.45) is 0 Å². The highest BCUT2D eigenvalue weighted by Crippen LogP contribution is 2.45. The molecule has 182 valence electrons. The topological polar surface area (TPSA) is 67.2 Å². The molecule has 7 heteroatoms. The van der Waals surface area contributed by atoms with Crippen molar-refractivity contribution in [3.05, 3.63) is 83.7 Å². The van der Waals surface area contributed by atoms with Crippen LogP contribution in [-0.2, 0) is 28.1 Å². The summed E-state index contributed by atoms with van der Waals surface area (Å²) in [6.07, 6.45) is 9.71. The van der Waals surface area contributed by atoms with Gasteiger partial charge in [-0.3, -0.25) is 14.5 Å². The summed E-state index contributed by atoms with van der Waals surface area (Å²) in [5.41, 5.74) is 0.976. The average Bonchev–Trinajstić information content (AvgIpc) is 3.44. The number of amides is 2. The van der Waals surface area contributed by atoms with Crippen molar-refractivity contribution in [3.8, 4) is 0 Å². The Hall–Kier alpha value is -3.48. The third-order valence-corrected chi connectivity index (χ3v) is 7.46. The van der Waals surface area contributed by atoms with E-state index in [1.807, 2.05) is 31.2 Å². The second kappa shape index (κ2) is 9.64. The quantitative estimate of drug-likeness (QED) is 0.565. The Bertz CT molecular complexity index is 1230. The van der Waals surface area contributed by atoms with E-state index in [0.717, 1.165) is 36.8 Å². The first-order valence-electron chi connectivity index (χ1n) is 12.4. The number of carbonyl (C=O) groups is 2. The number of carbonyl (C=O) groups excluding carboxylic acids is 2. The molecule has 0 spiro atoms. The van der Waals surface area contributed by atoms with Crippen molar-refractivity contribution < 1.29 is 14.0 Å². The molecule has 2 aromatic carbocycles. The highest BCUT2D eigenvalue weighted by atomic mass is 19.1. The van der Waals surface area contributed by atoms with Gasteiger partial charge in [0.25, 0.3) is 5.91 Å². The lowest BCUT2D eigenvalue weighted by atomic mass is 9.86. The second-order valence-electron chi connectivity index (χ2n) is 9.64. The summed E-state index contributed by atoms with van der Waals surface area (Å²) in [5, 5.41) is 3.29. The highest BCUT2D eigenvalue weighted by molar-refractivity contribution is 6.05. The highest BCUT2D eigenvalue weighted by Gasteiger charge is 2.52. The summed E-state index contributed by atoms with van der Waals surface area (Å²) >= 11 is 0. The van der Waals surface area contributed by atoms with Gasteiger partial charge in [0.05, 0.1) is 0 Å². The van der Waals surface area contributed by atoms with E-state index in [-0.39, 0.29) is 24.4 Å². The summed E-state index contributed by atoms with van der Waals surface area (Å²) < 4.78 is 16.2. The molecule has 0 radical (unpaired) electrons. The van der Waals surface area contributed by atoms with E-state index in [4.69, 9.17) is 0 Å². The van der Waals surface area contributed by atoms with E-state index in [1.165, 1.54) is 18.6 Å². The van der Waals surface area contributed by atoms with E-state index in [9.17, 15) is 14.0 Å². The van der Waals surface area contributed by atoms with Crippen LogP contribution in [0.4, 0.5) is 10.1 Å². The van der Waals surface area contributed by atoms with Crippen LogP contribution in [0.25, 0.3) is 0 Å². The van der Waals surface area contributed by atoms with E-state index in [0.29, 0.717) is 24.4 Å². The van der Waals surface area contributed by atoms with Gasteiger partial charge < -0.3 is 9.88 Å². The van der Waals surface area contributed by atoms with Crippen molar-refractivity contribution in [3.63, 3.8) is 0 Å². The molecule has 1 heterocycles. The number of hydrogen-bond acceptors (Lipinski definition) is 3. The van der Waals surface area contributed by atoms with Gasteiger partial charge in [-0.05, 0) is 61.9 Å². The Morgan fingerprint density at radius 3 is 2.69 bits per heavy atom. The number of imidazole rings is 1. The molecule has 0 saturated heterocycles. The van der Waals surface area contributed by atoms with Crippen LogP contribution in [0.15, 0.2) is 60.9 Å². The smallest absolute Gasteiger partial charge is 0.251 e. The Labute approximate surface area is 205 Å². The van der Waals surface area contributed by atoms with E-state index < -0.39 is 11.4 Å². The predicted molar refractivity (Wildman–Crippen MR) is 132 cm³/mol. The number of aromatic nitrogens is 2. The van der Waals surface area contributed by atoms with Crippen LogP contribution >= 0.6 is 0 Å². The van der Waals surface area contributed by atoms with Gasteiger partial charge in [-0.2, -0.15) is 0 Å². The van der Waals surface area contributed by atoms with Crippen LogP contribution in [0.3, 0.4) is 0 Å². The van der Waals surface area contributed by atoms with Crippen LogP contribution in [0.1, 0.15) is 55.5 Å². The summed E-state index contributed by atoms with van der Waals surface area (Å²) in [5.74, 6) is -0.222. The number of fused-ring (bicyclic) bond motifs is 1. The molecule has 2 aliphatic rings. The fourth-order valence-corrected chi connectivity index (χ4v) is 5.69. The zero-order chi connectivity index (χ0) is 24.4. The second-order valence-corrected chi connectivity index (χ2v) is 9.64. The standard InChI is InChI=1S/C28H31FN4O2/c1-20-30-16-17-32(20)19-26(34)33(24-12-7-9-22(29)18-24)28(15-14-21-8-5-6-13-25(21)28)27(35)31-23-10-3-2-4-11-23/h5-9,12-13,16-18,23H,2-4,10-11,14-15,19H2,1H3,(H,31,35). The predicted octanol–water partition coefficient (Wildman–Crippen LogP) is 4.65. The molecule has 5 rings (SSSR count). The lowest BCUT2D eigenvalue weighted by Gasteiger charge is -2.42. The lowest BCUT2D eigenvalue weighted by Crippen LogP contribution is -2.60. The van der Waals surface area contributed by atoms with Crippen molar-refractivity contribution in [1.82, 2.24) is 14.9 Å². The number of hydrogen-bond donors (Lipinski definition) is 1. The molecule has 2 aliphatic carbocycles. The third kappa shape index (κ3) is 4.35. The Kier molecular flexibility index (Phi) is 6.41. The summed E-state index contributed by atoms with van der Waals surface area (Å²) in [6, 6.07) is 13.9. The largest absolute Gasteiger partial charge is 0.351 e. The molecule has 1 unspecified atom stereocenters. The maximum absolute atomic E-state index is 14.5. The van der Waals surface area contributed by atoms with Crippen LogP contribution in [0, 0.1) is 12.7 Å². The summed E-state index contributed by atoms with van der Waals surface area (Å²) in [7, 11) is 0. The van der Waals surface area contributed by atoms with Crippen molar-refractivity contribution in [2.45, 2.75) is 70.0 Å². The normalized spacial score (nSPS) is 19.8. The molecule has 1 saturated carbocycles. The molecule has 1 aromatic heterocycles. The van der Waals surface area contributed by atoms with Gasteiger partial charge in [0, 0.05) is 24.1 Å². The Morgan fingerprint density at radius 2 is 1.94 bits per heavy atom. The van der Waals surface area contributed by atoms with Gasteiger partial charge >= 0.3 is 0 Å². The average molecular weight is 475 g/mol. The number of nitrogens with one attached hydrogen (secondary N) is 1. The van der Waals surface area contributed by atoms with Crippen LogP contribution < -0.4 is 10.2 Å². The molecule has 35 heavy (non-hydrogen) atoms. The Balaban J connectivity index is 1.63. The maximum Gasteiger partial charge on any atom is 0.251 e. The first-order chi connectivity index (χ1) is 17.0. The molecule has 1 fully saturated rings. The fraction of sp³-hybridized carbons (Fsp3) is 0.393. The van der Waals surface area contributed by atoms with E-state index in [2.05, 4.69) is 10.3 Å². The number of benzene rings is 2. The molecule has 2 amide bonds. The molecular weight excluding hydrogens is 443 g/mol. The lowest BCUT2D eigenvalue weighted by molar-refractivity contribution is -0.132. The number of nitrogens with zero attached hydrogens (tertiary/aromatic N) is 3. The third-order valence-electron chi connectivity index (χ3n) is 7.46. The van der Waals surface area contributed by atoms with Gasteiger partial charge in [0.15, 0.2) is 5.54 Å². The summed E-state index contributed by atoms with van der Waals surface area (Å²) in [6.45, 7) is 1.83. The summed E-state index contributed by atoms with van der Waals surface area (Å²) in [4.78, 5) is 34.1. The SMILES string of the molecule is Cc1nccn1CC(=O)N(c1cccc(F)c1)C1(C(=O)NC2CCCCC2)CCc2ccccc21. The van der Waals surface area contributed by atoms with Gasteiger partial charge in [0.1, 0.15) is 18.2 Å². The van der Waals surface area contributed by atoms with Gasteiger partial charge in [-0.1, -0.05) is 49.6 Å². The Morgan fingerprint density at radius 1 is 1.14 bits per heavy atom. The number of anilines is 1. The van der Waals surface area contributed by atoms with Gasteiger partial charge in [-0.25, -0.2) is 9.37 Å².